The molecule has 6 atom stereocenters. The minimum Gasteiger partial charge on any atom is -0.458 e. The highest BCUT2D eigenvalue weighted by Gasteiger charge is 2.42. The smallest absolute Gasteiger partial charge is 0.329 e. The van der Waals surface area contributed by atoms with Gasteiger partial charge in [-0.05, 0) is 42.4 Å². The number of nitrogens with zero attached hydrogens (tertiary/aromatic N) is 1. The number of amides is 5. The van der Waals surface area contributed by atoms with Crippen molar-refractivity contribution in [1.29, 1.82) is 0 Å². The topological polar surface area (TPSA) is 186 Å². The number of rotatable bonds is 10. The molecule has 3 fully saturated rings. The number of nitrogens with one attached hydrogen (secondary N) is 3. The second-order valence-corrected chi connectivity index (χ2v) is 15.3. The molecule has 5 amide bonds. The van der Waals surface area contributed by atoms with E-state index in [0.717, 1.165) is 12.3 Å². The Labute approximate surface area is 281 Å². The number of likely N-dealkylation sites (tertiary alicyclic amines) is 1. The third-order valence-corrected chi connectivity index (χ3v) is 8.63. The Morgan fingerprint density at radius 1 is 0.936 bits per heavy atom. The number of hydrogen-bond acceptors (Lipinski definition) is 8. The number of carbonyl (C=O) groups excluding carboxylic acids is 6. The van der Waals surface area contributed by atoms with Crippen molar-refractivity contribution in [3.05, 3.63) is 0 Å². The highest BCUT2D eigenvalue weighted by Crippen LogP contribution is 2.28. The van der Waals surface area contributed by atoms with Crippen LogP contribution in [0.4, 0.5) is 4.79 Å². The molecule has 2 aliphatic heterocycles. The third kappa shape index (κ3) is 14.2. The molecule has 2 heterocycles. The van der Waals surface area contributed by atoms with E-state index in [1.807, 2.05) is 53.4 Å². The lowest BCUT2D eigenvalue weighted by molar-refractivity contribution is -0.154. The Bertz CT molecular complexity index is 1060. The number of esters is 1. The van der Waals surface area contributed by atoms with Crippen molar-refractivity contribution in [1.82, 2.24) is 20.9 Å². The van der Waals surface area contributed by atoms with E-state index < -0.39 is 52.6 Å². The van der Waals surface area contributed by atoms with Gasteiger partial charge in [0.2, 0.25) is 18.1 Å². The van der Waals surface area contributed by atoms with Crippen LogP contribution in [0, 0.1) is 22.7 Å². The zero-order valence-electron chi connectivity index (χ0n) is 30.3. The molecular weight excluding hydrogens is 606 g/mol. The minimum atomic E-state index is -1.02. The Balaban J connectivity index is 0.000000563. The average Bonchev–Trinajstić information content (AvgIpc) is 3.59. The summed E-state index contributed by atoms with van der Waals surface area (Å²) in [6.07, 6.45) is 6.51. The monoisotopic (exact) mass is 667 g/mol. The van der Waals surface area contributed by atoms with Crippen molar-refractivity contribution in [2.24, 2.45) is 28.4 Å². The van der Waals surface area contributed by atoms with E-state index in [2.05, 4.69) is 29.8 Å². The first kappa shape index (κ1) is 41.8. The predicted molar refractivity (Wildman–Crippen MR) is 179 cm³/mol. The van der Waals surface area contributed by atoms with Crippen LogP contribution in [0.15, 0.2) is 0 Å². The Morgan fingerprint density at radius 3 is 1.85 bits per heavy atom. The summed E-state index contributed by atoms with van der Waals surface area (Å²) in [4.78, 5) is 71.8. The molecule has 13 nitrogen and oxygen atoms in total. The zero-order chi connectivity index (χ0) is 36.1. The number of hydrogen-bond donors (Lipinski definition) is 4. The first-order valence-corrected chi connectivity index (χ1v) is 16.9. The largest absolute Gasteiger partial charge is 0.458 e. The van der Waals surface area contributed by atoms with Gasteiger partial charge in [0.05, 0.1) is 19.3 Å². The van der Waals surface area contributed by atoms with E-state index in [1.165, 1.54) is 19.3 Å². The van der Waals surface area contributed by atoms with Crippen LogP contribution in [0.1, 0.15) is 108 Å². The van der Waals surface area contributed by atoms with Gasteiger partial charge in [0.15, 0.2) is 0 Å². The molecule has 1 aliphatic carbocycles. The number of nitrogens with two attached hydrogens (primary N) is 1. The number of Topliss-reactive ketones (excluding diaryl/α,β-unsaturated/α-hetero) is 1. The molecular formula is C34H61N5O8. The number of primary amides is 1. The van der Waals surface area contributed by atoms with Crippen LogP contribution in [-0.4, -0.2) is 90.9 Å². The third-order valence-electron chi connectivity index (χ3n) is 8.63. The molecule has 3 aliphatic rings. The second kappa shape index (κ2) is 18.9. The fourth-order valence-electron chi connectivity index (χ4n) is 5.44. The maximum atomic E-state index is 13.3. The number of carbonyl (C=O) groups is 6. The summed E-state index contributed by atoms with van der Waals surface area (Å²) < 4.78 is 10.8. The van der Waals surface area contributed by atoms with Crippen LogP contribution < -0.4 is 21.7 Å². The minimum absolute atomic E-state index is 0.0857. The van der Waals surface area contributed by atoms with E-state index in [1.54, 1.807) is 6.92 Å². The van der Waals surface area contributed by atoms with Crippen molar-refractivity contribution in [3.63, 3.8) is 0 Å². The van der Waals surface area contributed by atoms with Crippen LogP contribution in [0.25, 0.3) is 0 Å². The van der Waals surface area contributed by atoms with E-state index in [4.69, 9.17) is 15.2 Å². The molecule has 0 spiro atoms. The number of ketones is 1. The lowest BCUT2D eigenvalue weighted by Gasteiger charge is -2.36. The molecule has 2 saturated heterocycles. The fraction of sp³-hybridized carbons (Fsp3) is 0.824. The lowest BCUT2D eigenvalue weighted by atomic mass is 9.85. The highest BCUT2D eigenvalue weighted by molar-refractivity contribution is 6.37. The maximum absolute atomic E-state index is 13.3. The summed E-state index contributed by atoms with van der Waals surface area (Å²) in [5, 5.41) is 7.79. The van der Waals surface area contributed by atoms with E-state index in [0.29, 0.717) is 44.9 Å². The molecule has 0 aromatic heterocycles. The van der Waals surface area contributed by atoms with Gasteiger partial charge in [-0.1, -0.05) is 81.6 Å². The van der Waals surface area contributed by atoms with Gasteiger partial charge >= 0.3 is 12.0 Å². The van der Waals surface area contributed by atoms with Crippen LogP contribution in [0.3, 0.4) is 0 Å². The molecule has 3 unspecified atom stereocenters. The summed E-state index contributed by atoms with van der Waals surface area (Å²) in [5.41, 5.74) is 3.65. The molecule has 5 N–H and O–H groups in total. The molecule has 270 valence electrons. The van der Waals surface area contributed by atoms with Gasteiger partial charge in [0, 0.05) is 19.0 Å². The fourth-order valence-corrected chi connectivity index (χ4v) is 5.44. The summed E-state index contributed by atoms with van der Waals surface area (Å²) in [7, 11) is 0. The molecule has 1 saturated carbocycles. The van der Waals surface area contributed by atoms with Crippen LogP contribution >= 0.6 is 0 Å². The van der Waals surface area contributed by atoms with Crippen LogP contribution in [-0.2, 0) is 33.4 Å². The lowest BCUT2D eigenvalue weighted by Crippen LogP contribution is -2.60. The van der Waals surface area contributed by atoms with Crippen molar-refractivity contribution in [3.8, 4) is 0 Å². The van der Waals surface area contributed by atoms with Gasteiger partial charge in [-0.2, -0.15) is 0 Å². The Kier molecular flexibility index (Phi) is 16.9. The normalized spacial score (nSPS) is 22.9. The predicted octanol–water partition coefficient (Wildman–Crippen LogP) is 3.08. The number of ether oxygens (including phenoxy) is 2. The molecule has 0 bridgehead atoms. The second-order valence-electron chi connectivity index (χ2n) is 15.3. The van der Waals surface area contributed by atoms with Gasteiger partial charge in [-0.15, -0.1) is 0 Å². The van der Waals surface area contributed by atoms with Gasteiger partial charge in [0.25, 0.3) is 5.91 Å². The van der Waals surface area contributed by atoms with E-state index >= 15 is 0 Å². The highest BCUT2D eigenvalue weighted by atomic mass is 16.6. The maximum Gasteiger partial charge on any atom is 0.329 e. The van der Waals surface area contributed by atoms with Crippen LogP contribution in [0.5, 0.6) is 0 Å². The van der Waals surface area contributed by atoms with Gasteiger partial charge in [0.1, 0.15) is 18.2 Å². The van der Waals surface area contributed by atoms with Crippen molar-refractivity contribution in [2.45, 2.75) is 138 Å². The molecule has 0 aromatic rings. The summed E-state index contributed by atoms with van der Waals surface area (Å²) >= 11 is 0. The SMILES string of the molecule is CC1CCC1.CCC(NC=O)C(=O)C(N)=O.C[C@@H]1C[C@@H](C)N(C(=O)[C@@H](NC(=O)NC(C(=O)OC2CCOC2)C(C)(C)C)C(C)(C)C)C1. The average molecular weight is 668 g/mol. The Hall–Kier alpha value is -3.22. The summed E-state index contributed by atoms with van der Waals surface area (Å²) in [6.45, 7) is 21.2. The molecule has 3 rings (SSSR count). The molecule has 0 aromatic carbocycles. The molecule has 13 heteroatoms. The Morgan fingerprint density at radius 2 is 1.49 bits per heavy atom. The van der Waals surface area contributed by atoms with E-state index in [-0.39, 0.29) is 18.1 Å². The van der Waals surface area contributed by atoms with Crippen LogP contribution in [0.2, 0.25) is 0 Å². The van der Waals surface area contributed by atoms with Crippen molar-refractivity contribution in [2.75, 3.05) is 19.8 Å². The first-order valence-electron chi connectivity index (χ1n) is 16.9. The van der Waals surface area contributed by atoms with Gasteiger partial charge in [-0.3, -0.25) is 19.2 Å². The molecule has 0 radical (unpaired) electrons. The van der Waals surface area contributed by atoms with Crippen molar-refractivity contribution < 1.29 is 38.2 Å². The summed E-state index contributed by atoms with van der Waals surface area (Å²) in [5.74, 6) is -0.856. The van der Waals surface area contributed by atoms with E-state index in [9.17, 15) is 28.8 Å². The summed E-state index contributed by atoms with van der Waals surface area (Å²) in [6, 6.07) is -2.74. The van der Waals surface area contributed by atoms with Gasteiger partial charge < -0.3 is 36.1 Å². The molecule has 47 heavy (non-hydrogen) atoms. The van der Waals surface area contributed by atoms with Gasteiger partial charge in [-0.25, -0.2) is 9.59 Å². The zero-order valence-corrected chi connectivity index (χ0v) is 30.3. The quantitative estimate of drug-likeness (QED) is 0.155. The standard InChI is InChI=1S/C23H41N3O5.C6H10N2O3.C5H10/c1-14-11-15(2)26(12-14)19(27)17(22(3,4)5)24-21(29)25-18(23(6,7)8)20(28)31-16-9-10-30-13-16;1-2-4(8-3-9)5(10)6(7)11;1-5-3-2-4-5/h14-18H,9-13H2,1-8H3,(H2,24,25,29);3-4H,2H2,1H3,(H2,7,11)(H,8,9);5H,2-4H2,1H3/t14-,15-,16?,17-,18?;;/m1../s1. The first-order chi connectivity index (χ1) is 21.7. The van der Waals surface area contributed by atoms with Crippen molar-refractivity contribution >= 4 is 36.0 Å². The number of urea groups is 1.